The fourth-order valence-electron chi connectivity index (χ4n) is 3.88. The molecule has 6 nitrogen and oxygen atoms in total. The smallest absolute Gasteiger partial charge is 0.303 e. The minimum absolute atomic E-state index is 0.0634. The summed E-state index contributed by atoms with van der Waals surface area (Å²) >= 11 is 0. The topological polar surface area (TPSA) is 94.9 Å². The standard InChI is InChI=1S/C22H25NO5/c1-13-8-9-16-15(11-13)22(2,3)17(12-14-19(26)21(28)20(14)27)23(16)10-6-4-5-7-18(24)25/h8-9,11-12,26H,4-7,10H2,1-3H3,(H,24,25). The van der Waals surface area contributed by atoms with Gasteiger partial charge in [0.2, 0.25) is 5.43 Å². The SMILES string of the molecule is Cc1ccc2c(c1)C(C)(C)C(=Cc1c(O)c(=O)c1=O)N2CCCCCC(=O)O. The van der Waals surface area contributed by atoms with Gasteiger partial charge in [-0.3, -0.25) is 14.4 Å². The number of hydrogen-bond acceptors (Lipinski definition) is 5. The highest BCUT2D eigenvalue weighted by Crippen LogP contribution is 2.48. The summed E-state index contributed by atoms with van der Waals surface area (Å²) in [5, 5.41) is 18.6. The van der Waals surface area contributed by atoms with Crippen LogP contribution in [0.1, 0.15) is 56.2 Å². The number of benzene rings is 1. The van der Waals surface area contributed by atoms with E-state index in [1.807, 2.05) is 19.1 Å². The molecule has 0 saturated carbocycles. The van der Waals surface area contributed by atoms with Crippen molar-refractivity contribution in [2.45, 2.75) is 51.9 Å². The van der Waals surface area contributed by atoms with Crippen molar-refractivity contribution in [2.24, 2.45) is 0 Å². The predicted molar refractivity (Wildman–Crippen MR) is 109 cm³/mol. The summed E-state index contributed by atoms with van der Waals surface area (Å²) < 4.78 is 0. The van der Waals surface area contributed by atoms with E-state index in [1.54, 1.807) is 6.08 Å². The van der Waals surface area contributed by atoms with E-state index in [9.17, 15) is 19.5 Å². The highest BCUT2D eigenvalue weighted by Gasteiger charge is 2.40. The molecule has 6 heteroatoms. The Bertz CT molecular complexity index is 1020. The van der Waals surface area contributed by atoms with Crippen molar-refractivity contribution in [3.63, 3.8) is 0 Å². The van der Waals surface area contributed by atoms with Crippen LogP contribution >= 0.6 is 0 Å². The van der Waals surface area contributed by atoms with Gasteiger partial charge in [0, 0.05) is 29.8 Å². The van der Waals surface area contributed by atoms with Gasteiger partial charge in [-0.1, -0.05) is 38.0 Å². The number of nitrogens with zero attached hydrogens (tertiary/aromatic N) is 1. The second-order valence-electron chi connectivity index (χ2n) is 7.95. The number of anilines is 1. The molecule has 0 spiro atoms. The van der Waals surface area contributed by atoms with Crippen molar-refractivity contribution >= 4 is 17.7 Å². The molecule has 1 heterocycles. The number of carbonyl (C=O) groups is 1. The second kappa shape index (κ2) is 7.26. The maximum Gasteiger partial charge on any atom is 0.303 e. The first-order valence-corrected chi connectivity index (χ1v) is 9.49. The van der Waals surface area contributed by atoms with Crippen LogP contribution in [0.2, 0.25) is 0 Å². The molecule has 3 rings (SSSR count). The third-order valence-corrected chi connectivity index (χ3v) is 5.52. The number of allylic oxidation sites excluding steroid dienone is 1. The van der Waals surface area contributed by atoms with E-state index in [1.165, 1.54) is 0 Å². The van der Waals surface area contributed by atoms with Crippen LogP contribution in [0, 0.1) is 6.92 Å². The van der Waals surface area contributed by atoms with E-state index < -0.39 is 28.0 Å². The van der Waals surface area contributed by atoms with E-state index in [0.29, 0.717) is 13.0 Å². The number of unbranched alkanes of at least 4 members (excludes halogenated alkanes) is 2. The number of hydrogen-bond donors (Lipinski definition) is 2. The maximum atomic E-state index is 11.9. The number of aryl methyl sites for hydroxylation is 1. The lowest BCUT2D eigenvalue weighted by atomic mass is 9.82. The van der Waals surface area contributed by atoms with Crippen LogP contribution < -0.4 is 15.8 Å². The summed E-state index contributed by atoms with van der Waals surface area (Å²) in [6.07, 6.45) is 3.98. The van der Waals surface area contributed by atoms with Gasteiger partial charge in [-0.05, 0) is 37.5 Å². The molecule has 0 unspecified atom stereocenters. The van der Waals surface area contributed by atoms with Crippen molar-refractivity contribution < 1.29 is 15.0 Å². The lowest BCUT2D eigenvalue weighted by Gasteiger charge is -2.27. The second-order valence-corrected chi connectivity index (χ2v) is 7.95. The number of carboxylic acid groups (broad SMARTS) is 1. The fourth-order valence-corrected chi connectivity index (χ4v) is 3.88. The Morgan fingerprint density at radius 1 is 1.14 bits per heavy atom. The zero-order chi connectivity index (χ0) is 20.6. The van der Waals surface area contributed by atoms with Crippen molar-refractivity contribution in [1.82, 2.24) is 0 Å². The summed E-state index contributed by atoms with van der Waals surface area (Å²) in [7, 11) is 0. The van der Waals surface area contributed by atoms with Gasteiger partial charge < -0.3 is 15.1 Å². The number of carboxylic acids is 1. The van der Waals surface area contributed by atoms with Gasteiger partial charge in [-0.2, -0.15) is 0 Å². The van der Waals surface area contributed by atoms with Crippen molar-refractivity contribution in [2.75, 3.05) is 11.4 Å². The average Bonchev–Trinajstić information content (AvgIpc) is 2.84. The van der Waals surface area contributed by atoms with Crippen molar-refractivity contribution in [3.05, 3.63) is 61.0 Å². The molecule has 0 amide bonds. The molecule has 0 atom stereocenters. The average molecular weight is 383 g/mol. The van der Waals surface area contributed by atoms with Gasteiger partial charge in [0.15, 0.2) is 5.75 Å². The van der Waals surface area contributed by atoms with E-state index in [4.69, 9.17) is 5.11 Å². The molecule has 0 aromatic heterocycles. The first-order chi connectivity index (χ1) is 13.1. The quantitative estimate of drug-likeness (QED) is 0.564. The van der Waals surface area contributed by atoms with Crippen molar-refractivity contribution in [1.29, 1.82) is 0 Å². The largest absolute Gasteiger partial charge is 0.504 e. The summed E-state index contributed by atoms with van der Waals surface area (Å²) in [5.74, 6) is -1.26. The lowest BCUT2D eigenvalue weighted by molar-refractivity contribution is -0.137. The molecule has 2 aromatic carbocycles. The third kappa shape index (κ3) is 3.35. The van der Waals surface area contributed by atoms with Gasteiger partial charge in [-0.15, -0.1) is 0 Å². The van der Waals surface area contributed by atoms with E-state index in [-0.39, 0.29) is 12.0 Å². The van der Waals surface area contributed by atoms with Gasteiger partial charge in [0.05, 0.1) is 5.56 Å². The van der Waals surface area contributed by atoms with Crippen LogP contribution in [0.25, 0.3) is 6.08 Å². The molecular formula is C22H25NO5. The minimum atomic E-state index is -0.837. The maximum absolute atomic E-state index is 11.9. The van der Waals surface area contributed by atoms with E-state index in [0.717, 1.165) is 35.4 Å². The van der Waals surface area contributed by atoms with Gasteiger partial charge in [-0.25, -0.2) is 0 Å². The van der Waals surface area contributed by atoms with Crippen LogP contribution in [-0.4, -0.2) is 22.7 Å². The molecule has 0 bridgehead atoms. The first kappa shape index (κ1) is 19.9. The van der Waals surface area contributed by atoms with Crippen molar-refractivity contribution in [3.8, 4) is 5.75 Å². The summed E-state index contributed by atoms with van der Waals surface area (Å²) in [4.78, 5) is 36.1. The number of aromatic hydroxyl groups is 1. The highest BCUT2D eigenvalue weighted by molar-refractivity contribution is 5.78. The fraction of sp³-hybridized carbons (Fsp3) is 0.409. The van der Waals surface area contributed by atoms with Gasteiger partial charge in [0.25, 0.3) is 5.43 Å². The first-order valence-electron chi connectivity index (χ1n) is 9.49. The lowest BCUT2D eigenvalue weighted by Crippen LogP contribution is -2.34. The van der Waals surface area contributed by atoms with Crippen LogP contribution in [0.4, 0.5) is 5.69 Å². The molecule has 0 saturated heterocycles. The van der Waals surface area contributed by atoms with E-state index >= 15 is 0 Å². The Hall–Kier alpha value is -2.89. The summed E-state index contributed by atoms with van der Waals surface area (Å²) in [6.45, 7) is 6.81. The van der Waals surface area contributed by atoms with Crippen LogP contribution in [0.3, 0.4) is 0 Å². The van der Waals surface area contributed by atoms with Gasteiger partial charge >= 0.3 is 5.97 Å². The van der Waals surface area contributed by atoms with Crippen LogP contribution in [-0.2, 0) is 10.2 Å². The molecule has 1 aliphatic heterocycles. The molecule has 0 radical (unpaired) electrons. The summed E-state index contributed by atoms with van der Waals surface area (Å²) in [6, 6.07) is 6.20. The molecule has 2 aromatic rings. The van der Waals surface area contributed by atoms with E-state index in [2.05, 4.69) is 24.8 Å². The number of rotatable bonds is 7. The Balaban J connectivity index is 1.94. The summed E-state index contributed by atoms with van der Waals surface area (Å²) in [5.41, 5.74) is 2.33. The molecular weight excluding hydrogens is 358 g/mol. The molecule has 148 valence electrons. The highest BCUT2D eigenvalue weighted by atomic mass is 16.4. The third-order valence-electron chi connectivity index (χ3n) is 5.52. The van der Waals surface area contributed by atoms with Crippen LogP contribution in [0.5, 0.6) is 5.75 Å². The number of aliphatic carboxylic acids is 1. The normalized spacial score (nSPS) is 16.7. The molecule has 28 heavy (non-hydrogen) atoms. The Labute approximate surface area is 163 Å². The Morgan fingerprint density at radius 3 is 2.50 bits per heavy atom. The predicted octanol–water partition coefficient (Wildman–Crippen LogP) is 3.08. The monoisotopic (exact) mass is 383 g/mol. The Morgan fingerprint density at radius 2 is 1.86 bits per heavy atom. The molecule has 1 aliphatic rings. The van der Waals surface area contributed by atoms with Gasteiger partial charge in [0.1, 0.15) is 0 Å². The zero-order valence-electron chi connectivity index (χ0n) is 16.4. The van der Waals surface area contributed by atoms with Crippen LogP contribution in [0.15, 0.2) is 33.5 Å². The zero-order valence-corrected chi connectivity index (χ0v) is 16.4. The molecule has 0 fully saturated rings. The Kier molecular flexibility index (Phi) is 5.15. The molecule has 0 aliphatic carbocycles. The number of fused-ring (bicyclic) bond motifs is 1. The minimum Gasteiger partial charge on any atom is -0.504 e. The molecule has 2 N–H and O–H groups in total.